The summed E-state index contributed by atoms with van der Waals surface area (Å²) in [6.07, 6.45) is 3.95. The van der Waals surface area contributed by atoms with E-state index in [1.54, 1.807) is 12.4 Å². The van der Waals surface area contributed by atoms with Gasteiger partial charge in [0.15, 0.2) is 11.5 Å². The molecule has 0 fully saturated rings. The number of anilines is 1. The second-order valence-corrected chi connectivity index (χ2v) is 6.11. The predicted molar refractivity (Wildman–Crippen MR) is 102 cm³/mol. The summed E-state index contributed by atoms with van der Waals surface area (Å²) in [5.74, 6) is 0.248. The maximum absolute atomic E-state index is 10.8. The van der Waals surface area contributed by atoms with E-state index in [1.165, 1.54) is 0 Å². The first-order chi connectivity index (χ1) is 13.1. The van der Waals surface area contributed by atoms with Gasteiger partial charge in [-0.1, -0.05) is 12.1 Å². The second-order valence-electron chi connectivity index (χ2n) is 6.11. The number of benzene rings is 1. The molecule has 27 heavy (non-hydrogen) atoms. The van der Waals surface area contributed by atoms with Gasteiger partial charge in [-0.25, -0.2) is 15.0 Å². The molecule has 0 spiro atoms. The van der Waals surface area contributed by atoms with Crippen molar-refractivity contribution in [2.75, 3.05) is 5.73 Å². The smallest absolute Gasteiger partial charge is 0.303 e. The SMILES string of the molecule is Nc1ncccc1-c1nc2cccnc2n1-c1ccc(CCC(=O)O)cc1. The molecule has 0 atom stereocenters. The minimum Gasteiger partial charge on any atom is -0.481 e. The van der Waals surface area contributed by atoms with Crippen LogP contribution in [0.25, 0.3) is 28.2 Å². The van der Waals surface area contributed by atoms with Crippen LogP contribution in [0.1, 0.15) is 12.0 Å². The molecule has 0 amide bonds. The molecule has 0 aliphatic rings. The standard InChI is InChI=1S/C20H17N5O2/c21-18-15(3-1-11-22-18)19-24-16-4-2-12-23-20(16)25(19)14-8-5-13(6-9-14)7-10-17(26)27/h1-6,8-9,11-12H,7,10H2,(H2,21,22)(H,26,27). The highest BCUT2D eigenvalue weighted by Crippen LogP contribution is 2.30. The summed E-state index contributed by atoms with van der Waals surface area (Å²) >= 11 is 0. The van der Waals surface area contributed by atoms with E-state index in [0.29, 0.717) is 23.7 Å². The molecule has 0 aliphatic heterocycles. The van der Waals surface area contributed by atoms with Crippen molar-refractivity contribution in [3.63, 3.8) is 0 Å². The maximum atomic E-state index is 10.8. The molecule has 0 saturated carbocycles. The van der Waals surface area contributed by atoms with Gasteiger partial charge in [-0.3, -0.25) is 9.36 Å². The van der Waals surface area contributed by atoms with E-state index in [2.05, 4.69) is 9.97 Å². The fraction of sp³-hybridized carbons (Fsp3) is 0.100. The van der Waals surface area contributed by atoms with Gasteiger partial charge in [0.1, 0.15) is 11.3 Å². The molecule has 3 aromatic heterocycles. The van der Waals surface area contributed by atoms with Crippen LogP contribution in [-0.2, 0) is 11.2 Å². The third-order valence-electron chi connectivity index (χ3n) is 4.32. The highest BCUT2D eigenvalue weighted by molar-refractivity contribution is 5.82. The van der Waals surface area contributed by atoms with Crippen LogP contribution in [0, 0.1) is 0 Å². The number of aliphatic carboxylic acids is 1. The van der Waals surface area contributed by atoms with E-state index in [0.717, 1.165) is 22.3 Å². The first-order valence-corrected chi connectivity index (χ1v) is 8.49. The van der Waals surface area contributed by atoms with E-state index in [1.807, 2.05) is 53.1 Å². The zero-order valence-corrected chi connectivity index (χ0v) is 14.4. The molecule has 0 radical (unpaired) electrons. The van der Waals surface area contributed by atoms with Crippen LogP contribution in [0.4, 0.5) is 5.82 Å². The van der Waals surface area contributed by atoms with Gasteiger partial charge in [0.25, 0.3) is 0 Å². The fourth-order valence-corrected chi connectivity index (χ4v) is 3.01. The Morgan fingerprint density at radius 1 is 1.04 bits per heavy atom. The van der Waals surface area contributed by atoms with Crippen molar-refractivity contribution in [2.24, 2.45) is 0 Å². The van der Waals surface area contributed by atoms with Gasteiger partial charge in [0, 0.05) is 24.5 Å². The molecule has 0 bridgehead atoms. The van der Waals surface area contributed by atoms with Crippen molar-refractivity contribution in [3.05, 3.63) is 66.5 Å². The number of nitrogens with two attached hydrogens (primary N) is 1. The molecule has 0 unspecified atom stereocenters. The third kappa shape index (κ3) is 3.22. The molecule has 4 rings (SSSR count). The molecule has 0 saturated heterocycles. The van der Waals surface area contributed by atoms with Gasteiger partial charge < -0.3 is 10.8 Å². The molecule has 4 aromatic rings. The zero-order valence-electron chi connectivity index (χ0n) is 14.4. The Hall–Kier alpha value is -3.74. The lowest BCUT2D eigenvalue weighted by Crippen LogP contribution is -2.02. The monoisotopic (exact) mass is 359 g/mol. The predicted octanol–water partition coefficient (Wildman–Crippen LogP) is 3.08. The molecule has 1 aromatic carbocycles. The maximum Gasteiger partial charge on any atom is 0.303 e. The van der Waals surface area contributed by atoms with Crippen LogP contribution in [0.15, 0.2) is 60.9 Å². The van der Waals surface area contributed by atoms with E-state index in [-0.39, 0.29) is 6.42 Å². The van der Waals surface area contributed by atoms with Gasteiger partial charge in [-0.05, 0) is 48.4 Å². The number of rotatable bonds is 5. The van der Waals surface area contributed by atoms with Crippen molar-refractivity contribution >= 4 is 23.0 Å². The Balaban J connectivity index is 1.84. The number of nitrogens with zero attached hydrogens (tertiary/aromatic N) is 4. The number of aryl methyl sites for hydroxylation is 1. The first kappa shape index (κ1) is 16.7. The van der Waals surface area contributed by atoms with Gasteiger partial charge in [-0.15, -0.1) is 0 Å². The van der Waals surface area contributed by atoms with Crippen molar-refractivity contribution in [1.29, 1.82) is 0 Å². The highest BCUT2D eigenvalue weighted by Gasteiger charge is 2.17. The Morgan fingerprint density at radius 2 is 1.78 bits per heavy atom. The summed E-state index contributed by atoms with van der Waals surface area (Å²) < 4.78 is 1.93. The molecule has 7 heteroatoms. The molecule has 134 valence electrons. The third-order valence-corrected chi connectivity index (χ3v) is 4.32. The zero-order chi connectivity index (χ0) is 18.8. The van der Waals surface area contributed by atoms with Crippen molar-refractivity contribution in [1.82, 2.24) is 19.5 Å². The molecule has 3 N–H and O–H groups in total. The number of carboxylic acid groups (broad SMARTS) is 1. The van der Waals surface area contributed by atoms with E-state index in [9.17, 15) is 4.79 Å². The first-order valence-electron chi connectivity index (χ1n) is 8.49. The molecular formula is C20H17N5O2. The van der Waals surface area contributed by atoms with Crippen LogP contribution >= 0.6 is 0 Å². The summed E-state index contributed by atoms with van der Waals surface area (Å²) in [5.41, 5.74) is 10.1. The average molecular weight is 359 g/mol. The lowest BCUT2D eigenvalue weighted by Gasteiger charge is -2.10. The van der Waals surface area contributed by atoms with Gasteiger partial charge in [0.2, 0.25) is 0 Å². The van der Waals surface area contributed by atoms with Crippen LogP contribution in [0.5, 0.6) is 0 Å². The quantitative estimate of drug-likeness (QED) is 0.567. The minimum atomic E-state index is -0.807. The number of nitrogen functional groups attached to an aromatic ring is 1. The lowest BCUT2D eigenvalue weighted by molar-refractivity contribution is -0.136. The molecule has 7 nitrogen and oxygen atoms in total. The summed E-state index contributed by atoms with van der Waals surface area (Å²) in [4.78, 5) is 24.1. The Labute approximate surface area is 155 Å². The van der Waals surface area contributed by atoms with Crippen LogP contribution < -0.4 is 5.73 Å². The number of pyridine rings is 2. The number of carbonyl (C=O) groups is 1. The van der Waals surface area contributed by atoms with Crippen LogP contribution in [-0.4, -0.2) is 30.6 Å². The number of fused-ring (bicyclic) bond motifs is 1. The van der Waals surface area contributed by atoms with Gasteiger partial charge >= 0.3 is 5.97 Å². The Bertz CT molecular complexity index is 1120. The van der Waals surface area contributed by atoms with E-state index >= 15 is 0 Å². The number of aromatic nitrogens is 4. The van der Waals surface area contributed by atoms with E-state index in [4.69, 9.17) is 15.8 Å². The number of carboxylic acids is 1. The Kier molecular flexibility index (Phi) is 4.25. The molecule has 0 aliphatic carbocycles. The van der Waals surface area contributed by atoms with Crippen molar-refractivity contribution in [3.8, 4) is 17.1 Å². The average Bonchev–Trinajstić information content (AvgIpc) is 3.06. The second kappa shape index (κ2) is 6.87. The number of imidazole rings is 1. The van der Waals surface area contributed by atoms with Crippen molar-refractivity contribution in [2.45, 2.75) is 12.8 Å². The number of hydrogen-bond acceptors (Lipinski definition) is 5. The molecule has 3 heterocycles. The summed E-state index contributed by atoms with van der Waals surface area (Å²) in [6, 6.07) is 15.1. The summed E-state index contributed by atoms with van der Waals surface area (Å²) in [5, 5.41) is 8.85. The van der Waals surface area contributed by atoms with Crippen molar-refractivity contribution < 1.29 is 9.90 Å². The molecular weight excluding hydrogens is 342 g/mol. The lowest BCUT2D eigenvalue weighted by atomic mass is 10.1. The number of hydrogen-bond donors (Lipinski definition) is 2. The topological polar surface area (TPSA) is 107 Å². The summed E-state index contributed by atoms with van der Waals surface area (Å²) in [7, 11) is 0. The van der Waals surface area contributed by atoms with E-state index < -0.39 is 5.97 Å². The highest BCUT2D eigenvalue weighted by atomic mass is 16.4. The fourth-order valence-electron chi connectivity index (χ4n) is 3.01. The normalized spacial score (nSPS) is 11.0. The van der Waals surface area contributed by atoms with Crippen LogP contribution in [0.3, 0.4) is 0 Å². The van der Waals surface area contributed by atoms with Gasteiger partial charge in [0.05, 0.1) is 5.56 Å². The minimum absolute atomic E-state index is 0.104. The largest absolute Gasteiger partial charge is 0.481 e. The Morgan fingerprint density at radius 3 is 2.52 bits per heavy atom. The summed E-state index contributed by atoms with van der Waals surface area (Å²) in [6.45, 7) is 0. The van der Waals surface area contributed by atoms with Crippen LogP contribution in [0.2, 0.25) is 0 Å². The van der Waals surface area contributed by atoms with Gasteiger partial charge in [-0.2, -0.15) is 0 Å².